The van der Waals surface area contributed by atoms with Gasteiger partial charge < -0.3 is 15.7 Å². The second kappa shape index (κ2) is 12.6. The summed E-state index contributed by atoms with van der Waals surface area (Å²) in [6, 6.07) is 6.76. The topological polar surface area (TPSA) is 61.4 Å². The number of carbonyl (C=O) groups is 1. The quantitative estimate of drug-likeness (QED) is 0.447. The van der Waals surface area contributed by atoms with Crippen molar-refractivity contribution in [1.82, 2.24) is 10.6 Å². The van der Waals surface area contributed by atoms with Crippen molar-refractivity contribution < 1.29 is 9.90 Å². The van der Waals surface area contributed by atoms with Crippen LogP contribution >= 0.6 is 0 Å². The summed E-state index contributed by atoms with van der Waals surface area (Å²) in [6.45, 7) is 13.4. The fourth-order valence-electron chi connectivity index (χ4n) is 3.13. The highest BCUT2D eigenvalue weighted by Crippen LogP contribution is 2.13. The molecule has 27 heavy (non-hydrogen) atoms. The van der Waals surface area contributed by atoms with Crippen molar-refractivity contribution in [3.8, 4) is 5.75 Å². The van der Waals surface area contributed by atoms with E-state index in [0.717, 1.165) is 18.5 Å². The molecule has 1 aromatic carbocycles. The van der Waals surface area contributed by atoms with Crippen molar-refractivity contribution in [1.29, 1.82) is 0 Å². The van der Waals surface area contributed by atoms with Crippen LogP contribution in [0.2, 0.25) is 0 Å². The molecule has 3 N–H and O–H groups in total. The van der Waals surface area contributed by atoms with Gasteiger partial charge in [-0.2, -0.15) is 0 Å². The predicted molar refractivity (Wildman–Crippen MR) is 114 cm³/mol. The van der Waals surface area contributed by atoms with Gasteiger partial charge in [0.2, 0.25) is 5.91 Å². The van der Waals surface area contributed by atoms with Crippen LogP contribution in [0.3, 0.4) is 0 Å². The Labute approximate surface area is 165 Å². The smallest absolute Gasteiger partial charge is 0.237 e. The van der Waals surface area contributed by atoms with E-state index in [9.17, 15) is 9.90 Å². The first-order chi connectivity index (χ1) is 12.8. The number of unbranched alkanes of at least 4 members (excludes halogenated alkanes) is 1. The molecule has 0 heterocycles. The summed E-state index contributed by atoms with van der Waals surface area (Å²) in [5, 5.41) is 16.1. The maximum atomic E-state index is 12.9. The van der Waals surface area contributed by atoms with Crippen LogP contribution in [0.25, 0.3) is 0 Å². The van der Waals surface area contributed by atoms with Gasteiger partial charge >= 0.3 is 0 Å². The van der Waals surface area contributed by atoms with E-state index in [-0.39, 0.29) is 23.7 Å². The second-order valence-corrected chi connectivity index (χ2v) is 8.06. The van der Waals surface area contributed by atoms with Gasteiger partial charge in [0.25, 0.3) is 0 Å². The van der Waals surface area contributed by atoms with E-state index in [1.54, 1.807) is 12.1 Å². The average molecular weight is 375 g/mol. The third-order valence-corrected chi connectivity index (χ3v) is 4.79. The monoisotopic (exact) mass is 374 g/mol. The molecule has 0 aliphatic rings. The molecule has 0 radical (unpaired) electrons. The molecular formula is C23H38N2O2. The molecule has 1 rings (SSSR count). The molecule has 0 saturated heterocycles. The van der Waals surface area contributed by atoms with Gasteiger partial charge in [-0.1, -0.05) is 58.7 Å². The van der Waals surface area contributed by atoms with E-state index in [4.69, 9.17) is 0 Å². The molecule has 0 saturated carbocycles. The van der Waals surface area contributed by atoms with Crippen molar-refractivity contribution in [3.63, 3.8) is 0 Å². The minimum atomic E-state index is -0.298. The standard InChI is InChI=1S/C23H38N2O2/c1-6-8-9-18(5)16-24-22(15-19-10-12-21(26)13-11-19)23(27)25-20(7-2)14-17(3)4/h7,10-13,17-18,20,22,24,26H,2,6,8-9,14-16H2,1,3-5H3,(H,25,27)/t18-,20+,22-/m0/s1. The summed E-state index contributed by atoms with van der Waals surface area (Å²) < 4.78 is 0. The predicted octanol–water partition coefficient (Wildman–Crippen LogP) is 4.44. The Morgan fingerprint density at radius 3 is 2.44 bits per heavy atom. The number of phenolic OH excluding ortho intramolecular Hbond substituents is 1. The van der Waals surface area contributed by atoms with E-state index in [0.29, 0.717) is 18.3 Å². The molecule has 1 amide bonds. The molecule has 0 aromatic heterocycles. The summed E-state index contributed by atoms with van der Waals surface area (Å²) in [5.41, 5.74) is 1.03. The minimum Gasteiger partial charge on any atom is -0.508 e. The first kappa shape index (κ1) is 23.2. The molecule has 4 nitrogen and oxygen atoms in total. The molecule has 1 aromatic rings. The lowest BCUT2D eigenvalue weighted by Gasteiger charge is -2.24. The first-order valence-corrected chi connectivity index (χ1v) is 10.3. The molecule has 0 unspecified atom stereocenters. The van der Waals surface area contributed by atoms with E-state index in [1.807, 2.05) is 18.2 Å². The Balaban J connectivity index is 2.76. The van der Waals surface area contributed by atoms with Crippen LogP contribution in [0.5, 0.6) is 5.75 Å². The lowest BCUT2D eigenvalue weighted by Crippen LogP contribution is -2.49. The summed E-state index contributed by atoms with van der Waals surface area (Å²) in [6.07, 6.45) is 6.87. The fourth-order valence-corrected chi connectivity index (χ4v) is 3.13. The maximum Gasteiger partial charge on any atom is 0.237 e. The number of amides is 1. The van der Waals surface area contributed by atoms with Crippen molar-refractivity contribution in [2.45, 2.75) is 71.9 Å². The van der Waals surface area contributed by atoms with E-state index in [1.165, 1.54) is 19.3 Å². The lowest BCUT2D eigenvalue weighted by atomic mass is 10.00. The number of aromatic hydroxyl groups is 1. The van der Waals surface area contributed by atoms with Gasteiger partial charge in [-0.15, -0.1) is 6.58 Å². The van der Waals surface area contributed by atoms with Gasteiger partial charge in [0, 0.05) is 6.04 Å². The van der Waals surface area contributed by atoms with E-state index >= 15 is 0 Å². The van der Waals surface area contributed by atoms with Crippen molar-refractivity contribution in [2.75, 3.05) is 6.54 Å². The van der Waals surface area contributed by atoms with E-state index < -0.39 is 0 Å². The van der Waals surface area contributed by atoms with Gasteiger partial charge in [0.1, 0.15) is 5.75 Å². The van der Waals surface area contributed by atoms with Crippen LogP contribution in [-0.4, -0.2) is 29.6 Å². The van der Waals surface area contributed by atoms with Crippen molar-refractivity contribution in [2.24, 2.45) is 11.8 Å². The lowest BCUT2D eigenvalue weighted by molar-refractivity contribution is -0.123. The zero-order chi connectivity index (χ0) is 20.2. The Morgan fingerprint density at radius 2 is 1.89 bits per heavy atom. The minimum absolute atomic E-state index is 0.0105. The zero-order valence-electron chi connectivity index (χ0n) is 17.5. The van der Waals surface area contributed by atoms with Gasteiger partial charge in [-0.25, -0.2) is 0 Å². The molecule has 0 spiro atoms. The Kier molecular flexibility index (Phi) is 10.8. The third kappa shape index (κ3) is 9.62. The number of carbonyl (C=O) groups excluding carboxylic acids is 1. The maximum absolute atomic E-state index is 12.9. The summed E-state index contributed by atoms with van der Waals surface area (Å²) >= 11 is 0. The van der Waals surface area contributed by atoms with Crippen LogP contribution < -0.4 is 10.6 Å². The van der Waals surface area contributed by atoms with Crippen molar-refractivity contribution in [3.05, 3.63) is 42.5 Å². The van der Waals surface area contributed by atoms with Gasteiger partial charge in [-0.3, -0.25) is 4.79 Å². The Morgan fingerprint density at radius 1 is 1.22 bits per heavy atom. The first-order valence-electron chi connectivity index (χ1n) is 10.3. The average Bonchev–Trinajstić information content (AvgIpc) is 2.63. The Hall–Kier alpha value is -1.81. The third-order valence-electron chi connectivity index (χ3n) is 4.79. The van der Waals surface area contributed by atoms with Gasteiger partial charge in [0.15, 0.2) is 0 Å². The SMILES string of the molecule is C=C[C@H](CC(C)C)NC(=O)[C@H](Cc1ccc(O)cc1)NC[C@@H](C)CCCC. The Bertz CT molecular complexity index is 554. The summed E-state index contributed by atoms with van der Waals surface area (Å²) in [7, 11) is 0. The molecule has 0 aliphatic carbocycles. The molecule has 0 fully saturated rings. The van der Waals surface area contributed by atoms with Crippen LogP contribution in [-0.2, 0) is 11.2 Å². The number of phenols is 1. The van der Waals surface area contributed by atoms with Gasteiger partial charge in [-0.05, 0) is 55.3 Å². The van der Waals surface area contributed by atoms with Crippen LogP contribution in [0.1, 0.15) is 58.9 Å². The molecular weight excluding hydrogens is 336 g/mol. The highest BCUT2D eigenvalue weighted by molar-refractivity contribution is 5.82. The highest BCUT2D eigenvalue weighted by atomic mass is 16.3. The zero-order valence-corrected chi connectivity index (χ0v) is 17.5. The molecule has 0 bridgehead atoms. The summed E-state index contributed by atoms with van der Waals surface area (Å²) in [4.78, 5) is 12.9. The summed E-state index contributed by atoms with van der Waals surface area (Å²) in [5.74, 6) is 1.28. The molecule has 3 atom stereocenters. The highest BCUT2D eigenvalue weighted by Gasteiger charge is 2.21. The largest absolute Gasteiger partial charge is 0.508 e. The normalized spacial score (nSPS) is 14.6. The number of benzene rings is 1. The fraction of sp³-hybridized carbons (Fsp3) is 0.609. The van der Waals surface area contributed by atoms with Crippen LogP contribution in [0.4, 0.5) is 0 Å². The second-order valence-electron chi connectivity index (χ2n) is 8.06. The number of hydrogen-bond acceptors (Lipinski definition) is 3. The molecule has 4 heteroatoms. The van der Waals surface area contributed by atoms with E-state index in [2.05, 4.69) is 44.9 Å². The van der Waals surface area contributed by atoms with Gasteiger partial charge in [0.05, 0.1) is 6.04 Å². The van der Waals surface area contributed by atoms with Crippen LogP contribution in [0.15, 0.2) is 36.9 Å². The van der Waals surface area contributed by atoms with Crippen LogP contribution in [0, 0.1) is 11.8 Å². The number of nitrogens with one attached hydrogen (secondary N) is 2. The molecule has 0 aliphatic heterocycles. The number of rotatable bonds is 13. The molecule has 152 valence electrons. The number of hydrogen-bond donors (Lipinski definition) is 3. The van der Waals surface area contributed by atoms with Crippen molar-refractivity contribution >= 4 is 5.91 Å².